The summed E-state index contributed by atoms with van der Waals surface area (Å²) in [7, 11) is 0. The molecule has 0 bridgehead atoms. The first-order valence-electron chi connectivity index (χ1n) is 12.8. The lowest BCUT2D eigenvalue weighted by Crippen LogP contribution is -2.20. The number of aliphatic carboxylic acids is 1. The fourth-order valence-electron chi connectivity index (χ4n) is 3.43. The second-order valence-corrected chi connectivity index (χ2v) is 9.76. The van der Waals surface area contributed by atoms with Gasteiger partial charge < -0.3 is 15.3 Å². The van der Waals surface area contributed by atoms with Crippen molar-refractivity contribution in [3.63, 3.8) is 0 Å². The van der Waals surface area contributed by atoms with Gasteiger partial charge in [0.1, 0.15) is 0 Å². The van der Waals surface area contributed by atoms with Crippen molar-refractivity contribution in [3.05, 3.63) is 0 Å². The van der Waals surface area contributed by atoms with Gasteiger partial charge in [-0.05, 0) is 18.8 Å². The predicted octanol–water partition coefficient (Wildman–Crippen LogP) is 7.36. The van der Waals surface area contributed by atoms with Gasteiger partial charge in [0, 0.05) is 11.8 Å². The Kier molecular flexibility index (Phi) is 24.3. The van der Waals surface area contributed by atoms with E-state index in [0.29, 0.717) is 12.3 Å². The lowest BCUT2D eigenvalue weighted by atomic mass is 9.91. The summed E-state index contributed by atoms with van der Waals surface area (Å²) in [6, 6.07) is 0. The normalized spacial score (nSPS) is 12.3. The second kappa shape index (κ2) is 23.1. The molecular weight excluding hydrogens is 376 g/mol. The minimum atomic E-state index is -0.611. The van der Waals surface area contributed by atoms with Crippen LogP contribution in [0.3, 0.4) is 0 Å². The third-order valence-corrected chi connectivity index (χ3v) is 5.75. The zero-order valence-electron chi connectivity index (χ0n) is 20.8. The molecule has 0 fully saturated rings. The number of carbonyl (C=O) groups is 1. The molecule has 3 N–H and O–H groups in total. The topological polar surface area (TPSA) is 77.8 Å². The summed E-state index contributed by atoms with van der Waals surface area (Å²) in [5.41, 5.74) is -0.306. The first kappa shape index (κ1) is 31.6. The van der Waals surface area contributed by atoms with Crippen LogP contribution in [0.1, 0.15) is 137 Å². The van der Waals surface area contributed by atoms with Gasteiger partial charge in [0.05, 0.1) is 13.2 Å². The molecule has 0 aromatic carbocycles. The number of hydrogen-bond donors (Lipinski definition) is 3. The lowest BCUT2D eigenvalue weighted by molar-refractivity contribution is -0.138. The Labute approximate surface area is 187 Å². The van der Waals surface area contributed by atoms with Crippen LogP contribution < -0.4 is 0 Å². The van der Waals surface area contributed by atoms with Gasteiger partial charge in [0.15, 0.2) is 0 Å². The van der Waals surface area contributed by atoms with E-state index >= 15 is 0 Å². The third kappa shape index (κ3) is 25.4. The fraction of sp³-hybridized carbons (Fsp3) is 0.962. The number of carboxylic acids is 1. The maximum Gasteiger partial charge on any atom is 0.303 e. The highest BCUT2D eigenvalue weighted by Crippen LogP contribution is 2.22. The SMILES string of the molecule is CC(C)(CO)CO.CCCCCCCCCCC(CCCCCCCC)CC(=O)O. The average molecular weight is 431 g/mol. The molecular formula is C26H54O4. The molecule has 0 aliphatic rings. The largest absolute Gasteiger partial charge is 0.481 e. The molecule has 182 valence electrons. The Morgan fingerprint density at radius 1 is 0.667 bits per heavy atom. The van der Waals surface area contributed by atoms with Crippen LogP contribution in [0.25, 0.3) is 0 Å². The van der Waals surface area contributed by atoms with Crippen molar-refractivity contribution in [1.82, 2.24) is 0 Å². The van der Waals surface area contributed by atoms with E-state index in [1.807, 2.05) is 0 Å². The molecule has 1 unspecified atom stereocenters. The smallest absolute Gasteiger partial charge is 0.303 e. The lowest BCUT2D eigenvalue weighted by Gasteiger charge is -2.16. The van der Waals surface area contributed by atoms with Crippen LogP contribution in [0, 0.1) is 11.3 Å². The molecule has 0 saturated carbocycles. The summed E-state index contributed by atoms with van der Waals surface area (Å²) < 4.78 is 0. The summed E-state index contributed by atoms with van der Waals surface area (Å²) in [6.07, 6.45) is 21.1. The van der Waals surface area contributed by atoms with Gasteiger partial charge >= 0.3 is 5.97 Å². The highest BCUT2D eigenvalue weighted by Gasteiger charge is 2.13. The molecule has 0 radical (unpaired) electrons. The predicted molar refractivity (Wildman–Crippen MR) is 129 cm³/mol. The quantitative estimate of drug-likeness (QED) is 0.176. The molecule has 0 amide bonds. The van der Waals surface area contributed by atoms with Gasteiger partial charge in [-0.15, -0.1) is 0 Å². The van der Waals surface area contributed by atoms with E-state index < -0.39 is 5.97 Å². The van der Waals surface area contributed by atoms with E-state index in [0.717, 1.165) is 12.8 Å². The molecule has 1 atom stereocenters. The molecule has 0 aliphatic heterocycles. The Morgan fingerprint density at radius 2 is 1.00 bits per heavy atom. The molecule has 0 aliphatic carbocycles. The molecule has 0 saturated heterocycles. The van der Waals surface area contributed by atoms with Crippen molar-refractivity contribution in [2.24, 2.45) is 11.3 Å². The first-order chi connectivity index (χ1) is 14.3. The minimum absolute atomic E-state index is 0.0451. The number of carboxylic acid groups (broad SMARTS) is 1. The van der Waals surface area contributed by atoms with Gasteiger partial charge in [0.25, 0.3) is 0 Å². The van der Waals surface area contributed by atoms with E-state index in [-0.39, 0.29) is 18.6 Å². The molecule has 0 aromatic rings. The highest BCUT2D eigenvalue weighted by molar-refractivity contribution is 5.66. The van der Waals surface area contributed by atoms with E-state index in [2.05, 4.69) is 13.8 Å². The van der Waals surface area contributed by atoms with Gasteiger partial charge in [-0.25, -0.2) is 0 Å². The second-order valence-electron chi connectivity index (χ2n) is 9.76. The van der Waals surface area contributed by atoms with Crippen molar-refractivity contribution in [1.29, 1.82) is 0 Å². The average Bonchev–Trinajstić information content (AvgIpc) is 2.72. The molecule has 0 rings (SSSR count). The molecule has 4 nitrogen and oxygen atoms in total. The monoisotopic (exact) mass is 430 g/mol. The Bertz CT molecular complexity index is 349. The van der Waals surface area contributed by atoms with E-state index in [4.69, 9.17) is 15.3 Å². The third-order valence-electron chi connectivity index (χ3n) is 5.75. The maximum absolute atomic E-state index is 11.0. The van der Waals surface area contributed by atoms with Gasteiger partial charge in [-0.2, -0.15) is 0 Å². The van der Waals surface area contributed by atoms with Crippen LogP contribution in [0.2, 0.25) is 0 Å². The highest BCUT2D eigenvalue weighted by atomic mass is 16.4. The summed E-state index contributed by atoms with van der Waals surface area (Å²) >= 11 is 0. The van der Waals surface area contributed by atoms with Crippen LogP contribution in [-0.2, 0) is 4.79 Å². The summed E-state index contributed by atoms with van der Waals surface area (Å²) in [6.45, 7) is 8.19. The van der Waals surface area contributed by atoms with Crippen LogP contribution in [-0.4, -0.2) is 34.5 Å². The molecule has 4 heteroatoms. The zero-order chi connectivity index (χ0) is 23.1. The van der Waals surface area contributed by atoms with E-state index in [1.165, 1.54) is 89.9 Å². The number of hydrogen-bond acceptors (Lipinski definition) is 3. The van der Waals surface area contributed by atoms with Crippen LogP contribution in [0.4, 0.5) is 0 Å². The zero-order valence-corrected chi connectivity index (χ0v) is 20.8. The fourth-order valence-corrected chi connectivity index (χ4v) is 3.43. The summed E-state index contributed by atoms with van der Waals surface area (Å²) in [5.74, 6) is -0.195. The van der Waals surface area contributed by atoms with Crippen molar-refractivity contribution >= 4 is 5.97 Å². The Balaban J connectivity index is 0. The van der Waals surface area contributed by atoms with Crippen LogP contribution in [0.5, 0.6) is 0 Å². The van der Waals surface area contributed by atoms with E-state index in [9.17, 15) is 4.79 Å². The van der Waals surface area contributed by atoms with Crippen LogP contribution in [0.15, 0.2) is 0 Å². The van der Waals surface area contributed by atoms with Crippen LogP contribution >= 0.6 is 0 Å². The van der Waals surface area contributed by atoms with E-state index in [1.54, 1.807) is 13.8 Å². The summed E-state index contributed by atoms with van der Waals surface area (Å²) in [5, 5.41) is 25.9. The van der Waals surface area contributed by atoms with Gasteiger partial charge in [-0.1, -0.05) is 118 Å². The van der Waals surface area contributed by atoms with Crippen molar-refractivity contribution in [2.45, 2.75) is 137 Å². The van der Waals surface area contributed by atoms with Crippen molar-refractivity contribution in [2.75, 3.05) is 13.2 Å². The molecule has 0 spiro atoms. The maximum atomic E-state index is 11.0. The number of rotatable bonds is 20. The Hall–Kier alpha value is -0.610. The number of aliphatic hydroxyl groups excluding tert-OH is 2. The molecule has 0 aromatic heterocycles. The molecule has 30 heavy (non-hydrogen) atoms. The first-order valence-corrected chi connectivity index (χ1v) is 12.8. The van der Waals surface area contributed by atoms with Crippen molar-refractivity contribution in [3.8, 4) is 0 Å². The standard InChI is InChI=1S/C21H42O2.C5H12O2/c1-3-5-7-9-11-12-14-16-18-20(19-21(22)23)17-15-13-10-8-6-4-2;1-5(2,3-6)4-7/h20H,3-19H2,1-2H3,(H,22,23);6-7H,3-4H2,1-2H3. The minimum Gasteiger partial charge on any atom is -0.481 e. The van der Waals surface area contributed by atoms with Gasteiger partial charge in [0.2, 0.25) is 0 Å². The Morgan fingerprint density at radius 3 is 1.27 bits per heavy atom. The van der Waals surface area contributed by atoms with Gasteiger partial charge in [-0.3, -0.25) is 4.79 Å². The van der Waals surface area contributed by atoms with Crippen molar-refractivity contribution < 1.29 is 20.1 Å². The summed E-state index contributed by atoms with van der Waals surface area (Å²) in [4.78, 5) is 11.0. The molecule has 0 heterocycles. The number of unbranched alkanes of at least 4 members (excludes halogenated alkanes) is 12. The number of aliphatic hydroxyl groups is 2.